The number of aryl methyl sites for hydroxylation is 1. The topological polar surface area (TPSA) is 28.2 Å². The fourth-order valence-electron chi connectivity index (χ4n) is 2.85. The van der Waals surface area contributed by atoms with Crippen LogP contribution in [0.3, 0.4) is 0 Å². The fraction of sp³-hybridized carbons (Fsp3) is 0.769. The third kappa shape index (κ3) is 2.99. The molecule has 0 bridgehead atoms. The van der Waals surface area contributed by atoms with E-state index in [9.17, 15) is 13.2 Å². The molecule has 112 valence electrons. The number of hydrogen-bond acceptors (Lipinski definition) is 4. The van der Waals surface area contributed by atoms with Gasteiger partial charge in [-0.3, -0.25) is 4.90 Å². The first-order chi connectivity index (χ1) is 9.45. The molecule has 0 aromatic carbocycles. The van der Waals surface area contributed by atoms with E-state index in [2.05, 4.69) is 15.2 Å². The highest BCUT2D eigenvalue weighted by atomic mass is 32.1. The van der Waals surface area contributed by atoms with E-state index in [0.29, 0.717) is 28.5 Å². The number of nitrogens with one attached hydrogen (secondary N) is 1. The van der Waals surface area contributed by atoms with Crippen molar-refractivity contribution in [3.63, 3.8) is 0 Å². The van der Waals surface area contributed by atoms with Gasteiger partial charge in [0.05, 0.1) is 9.88 Å². The second-order valence-corrected chi connectivity index (χ2v) is 6.84. The average Bonchev–Trinajstić information content (AvgIpc) is 2.90. The number of alkyl halides is 3. The smallest absolute Gasteiger partial charge is 0.315 e. The highest BCUT2D eigenvalue weighted by Crippen LogP contribution is 2.38. The minimum absolute atomic E-state index is 0.367. The number of aromatic nitrogens is 1. The molecule has 0 radical (unpaired) electrons. The van der Waals surface area contributed by atoms with Gasteiger partial charge < -0.3 is 5.32 Å². The Kier molecular flexibility index (Phi) is 3.77. The van der Waals surface area contributed by atoms with Crippen molar-refractivity contribution in [2.75, 3.05) is 13.1 Å². The lowest BCUT2D eigenvalue weighted by Crippen LogP contribution is -2.38. The van der Waals surface area contributed by atoms with Crippen LogP contribution in [0.1, 0.15) is 34.8 Å². The molecular formula is C13H18F3N3S. The number of rotatable bonds is 4. The summed E-state index contributed by atoms with van der Waals surface area (Å²) in [7, 11) is 0. The van der Waals surface area contributed by atoms with E-state index in [0.717, 1.165) is 32.4 Å². The van der Waals surface area contributed by atoms with Crippen LogP contribution in [0.5, 0.6) is 0 Å². The maximum Gasteiger partial charge on any atom is 0.434 e. The van der Waals surface area contributed by atoms with Gasteiger partial charge >= 0.3 is 6.18 Å². The van der Waals surface area contributed by atoms with Gasteiger partial charge in [0.25, 0.3) is 0 Å². The monoisotopic (exact) mass is 305 g/mol. The van der Waals surface area contributed by atoms with Crippen molar-refractivity contribution in [2.24, 2.45) is 0 Å². The van der Waals surface area contributed by atoms with Crippen molar-refractivity contribution in [1.29, 1.82) is 0 Å². The molecule has 1 aromatic rings. The second-order valence-electron chi connectivity index (χ2n) is 5.55. The average molecular weight is 305 g/mol. The largest absolute Gasteiger partial charge is 0.434 e. The molecule has 7 heteroatoms. The highest BCUT2D eigenvalue weighted by molar-refractivity contribution is 7.11. The quantitative estimate of drug-likeness (QED) is 0.927. The summed E-state index contributed by atoms with van der Waals surface area (Å²) in [5.74, 6) is 0. The summed E-state index contributed by atoms with van der Waals surface area (Å²) in [6, 6.07) is 0.828. The number of thiazole rings is 1. The first kappa shape index (κ1) is 14.3. The van der Waals surface area contributed by atoms with Gasteiger partial charge in [-0.1, -0.05) is 0 Å². The lowest BCUT2D eigenvalue weighted by atomic mass is 10.2. The van der Waals surface area contributed by atoms with Gasteiger partial charge in [0.15, 0.2) is 5.69 Å². The zero-order valence-corrected chi connectivity index (χ0v) is 12.2. The van der Waals surface area contributed by atoms with E-state index < -0.39 is 11.9 Å². The van der Waals surface area contributed by atoms with Crippen molar-refractivity contribution in [1.82, 2.24) is 15.2 Å². The van der Waals surface area contributed by atoms with Gasteiger partial charge in [-0.05, 0) is 32.7 Å². The Labute approximate surface area is 120 Å². The van der Waals surface area contributed by atoms with Crippen molar-refractivity contribution in [2.45, 2.75) is 51.0 Å². The van der Waals surface area contributed by atoms with Gasteiger partial charge in [-0.25, -0.2) is 4.98 Å². The summed E-state index contributed by atoms with van der Waals surface area (Å²) < 4.78 is 39.1. The zero-order valence-electron chi connectivity index (χ0n) is 11.3. The van der Waals surface area contributed by atoms with Gasteiger partial charge in [0, 0.05) is 25.2 Å². The Morgan fingerprint density at radius 1 is 1.30 bits per heavy atom. The summed E-state index contributed by atoms with van der Waals surface area (Å²) in [5.41, 5.74) is -0.684. The van der Waals surface area contributed by atoms with Crippen LogP contribution in [0.4, 0.5) is 13.2 Å². The molecule has 1 atom stereocenters. The van der Waals surface area contributed by atoms with E-state index in [1.54, 1.807) is 6.92 Å². The van der Waals surface area contributed by atoms with Gasteiger partial charge in [-0.2, -0.15) is 13.2 Å². The standard InChI is InChI=1S/C13H18F3N3S/c1-8-18-12(13(14,15)16)11(20-8)7-19(9-2-3-9)10-4-5-17-6-10/h9-10,17H,2-7H2,1H3. The van der Waals surface area contributed by atoms with E-state index in [-0.39, 0.29) is 0 Å². The van der Waals surface area contributed by atoms with Gasteiger partial charge in [-0.15, -0.1) is 11.3 Å². The summed E-state index contributed by atoms with van der Waals surface area (Å²) >= 11 is 1.18. The number of halogens is 3. The molecule has 1 saturated heterocycles. The number of nitrogens with zero attached hydrogens (tertiary/aromatic N) is 2. The number of hydrogen-bond donors (Lipinski definition) is 1. The summed E-state index contributed by atoms with van der Waals surface area (Å²) in [5, 5.41) is 3.79. The maximum atomic E-state index is 13.0. The SMILES string of the molecule is Cc1nc(C(F)(F)F)c(CN(C2CC2)C2CCNC2)s1. The Balaban J connectivity index is 1.81. The maximum absolute atomic E-state index is 13.0. The molecule has 1 aliphatic carbocycles. The minimum Gasteiger partial charge on any atom is -0.315 e. The summed E-state index contributed by atoms with van der Waals surface area (Å²) in [6.45, 7) is 3.87. The van der Waals surface area contributed by atoms with Crippen LogP contribution >= 0.6 is 11.3 Å². The van der Waals surface area contributed by atoms with Crippen LogP contribution in [0.2, 0.25) is 0 Å². The first-order valence-electron chi connectivity index (χ1n) is 6.95. The van der Waals surface area contributed by atoms with Gasteiger partial charge in [0.1, 0.15) is 0 Å². The molecule has 0 spiro atoms. The van der Waals surface area contributed by atoms with Crippen LogP contribution in [0.25, 0.3) is 0 Å². The van der Waals surface area contributed by atoms with Crippen LogP contribution < -0.4 is 5.32 Å². The van der Waals surface area contributed by atoms with Crippen LogP contribution in [-0.4, -0.2) is 35.1 Å². The van der Waals surface area contributed by atoms with Crippen LogP contribution in [0, 0.1) is 6.92 Å². The third-order valence-electron chi connectivity index (χ3n) is 3.92. The minimum atomic E-state index is -4.34. The Bertz CT molecular complexity index is 476. The third-order valence-corrected chi connectivity index (χ3v) is 4.87. The molecule has 0 amide bonds. The van der Waals surface area contributed by atoms with Crippen molar-refractivity contribution >= 4 is 11.3 Å². The molecule has 3 rings (SSSR count). The molecule has 1 unspecified atom stereocenters. The van der Waals surface area contributed by atoms with E-state index >= 15 is 0 Å². The Morgan fingerprint density at radius 2 is 2.05 bits per heavy atom. The lowest BCUT2D eigenvalue weighted by Gasteiger charge is -2.28. The van der Waals surface area contributed by atoms with Gasteiger partial charge in [0.2, 0.25) is 0 Å². The van der Waals surface area contributed by atoms with Crippen molar-refractivity contribution in [3.8, 4) is 0 Å². The molecule has 2 heterocycles. The lowest BCUT2D eigenvalue weighted by molar-refractivity contribution is -0.141. The molecular weight excluding hydrogens is 287 g/mol. The second kappa shape index (κ2) is 5.27. The molecule has 1 saturated carbocycles. The normalized spacial score (nSPS) is 23.8. The molecule has 2 fully saturated rings. The predicted octanol–water partition coefficient (Wildman–Crippen LogP) is 2.80. The summed E-state index contributed by atoms with van der Waals surface area (Å²) in [6.07, 6.45) is -1.11. The van der Waals surface area contributed by atoms with Crippen molar-refractivity contribution < 1.29 is 13.2 Å². The highest BCUT2D eigenvalue weighted by Gasteiger charge is 2.40. The Hall–Kier alpha value is -0.660. The van der Waals surface area contributed by atoms with Crippen molar-refractivity contribution in [3.05, 3.63) is 15.6 Å². The molecule has 1 aromatic heterocycles. The van der Waals surface area contributed by atoms with E-state index in [1.807, 2.05) is 0 Å². The first-order valence-corrected chi connectivity index (χ1v) is 7.77. The Morgan fingerprint density at radius 3 is 2.60 bits per heavy atom. The predicted molar refractivity (Wildman–Crippen MR) is 71.7 cm³/mol. The molecule has 20 heavy (non-hydrogen) atoms. The molecule has 1 N–H and O–H groups in total. The van der Waals surface area contributed by atoms with Crippen LogP contribution in [0.15, 0.2) is 0 Å². The zero-order chi connectivity index (χ0) is 14.3. The van der Waals surface area contributed by atoms with E-state index in [1.165, 1.54) is 11.3 Å². The fourth-order valence-corrected chi connectivity index (χ4v) is 3.81. The summed E-state index contributed by atoms with van der Waals surface area (Å²) in [4.78, 5) is 6.31. The van der Waals surface area contributed by atoms with E-state index in [4.69, 9.17) is 0 Å². The molecule has 3 nitrogen and oxygen atoms in total. The van der Waals surface area contributed by atoms with Crippen LogP contribution in [-0.2, 0) is 12.7 Å². The molecule has 1 aliphatic heterocycles. The molecule has 2 aliphatic rings.